The van der Waals surface area contributed by atoms with Gasteiger partial charge in [-0.2, -0.15) is 31.0 Å². The van der Waals surface area contributed by atoms with E-state index in [9.17, 15) is 36.2 Å². The highest BCUT2D eigenvalue weighted by Gasteiger charge is 2.37. The third-order valence-electron chi connectivity index (χ3n) is 3.64. The molecule has 1 heterocycles. The molecule has 3 aromatic rings. The van der Waals surface area contributed by atoms with Crippen LogP contribution in [-0.2, 0) is 12.4 Å². The predicted molar refractivity (Wildman–Crippen MR) is 86.3 cm³/mol. The van der Waals surface area contributed by atoms with Crippen LogP contribution in [-0.4, -0.2) is 19.9 Å². The highest BCUT2D eigenvalue weighted by Crippen LogP contribution is 2.38. The number of rotatable bonds is 2. The van der Waals surface area contributed by atoms with Gasteiger partial charge in [0.25, 0.3) is 0 Å². The third kappa shape index (κ3) is 3.84. The van der Waals surface area contributed by atoms with Crippen LogP contribution in [0, 0.1) is 0 Å². The molecule has 0 unspecified atom stereocenters. The minimum atomic E-state index is -5.05. The van der Waals surface area contributed by atoms with Crippen LogP contribution in [0.2, 0.25) is 5.02 Å². The van der Waals surface area contributed by atoms with E-state index in [0.717, 1.165) is 12.1 Å². The predicted octanol–water partition coefficient (Wildman–Crippen LogP) is 4.62. The Morgan fingerprint density at radius 1 is 0.964 bits per heavy atom. The van der Waals surface area contributed by atoms with Gasteiger partial charge in [0.05, 0.1) is 11.1 Å². The fraction of sp³-hybridized carbons (Fsp3) is 0.125. The van der Waals surface area contributed by atoms with Gasteiger partial charge in [0.15, 0.2) is 5.82 Å². The molecule has 0 saturated carbocycles. The van der Waals surface area contributed by atoms with Crippen LogP contribution in [0.4, 0.5) is 26.3 Å². The van der Waals surface area contributed by atoms with Gasteiger partial charge in [-0.05, 0) is 36.4 Å². The van der Waals surface area contributed by atoms with Crippen molar-refractivity contribution in [2.75, 3.05) is 0 Å². The number of phenols is 1. The summed E-state index contributed by atoms with van der Waals surface area (Å²) in [5, 5.41) is 13.6. The van der Waals surface area contributed by atoms with Gasteiger partial charge in [-0.25, -0.2) is 4.79 Å². The molecule has 5 nitrogen and oxygen atoms in total. The molecule has 148 valence electrons. The summed E-state index contributed by atoms with van der Waals surface area (Å²) < 4.78 is 78.5. The number of aromatic nitrogens is 3. The van der Waals surface area contributed by atoms with E-state index in [1.807, 2.05) is 0 Å². The number of benzene rings is 2. The Labute approximate surface area is 156 Å². The van der Waals surface area contributed by atoms with Crippen molar-refractivity contribution in [3.8, 4) is 22.8 Å². The van der Waals surface area contributed by atoms with Gasteiger partial charge in [-0.3, -0.25) is 4.98 Å². The molecular weight excluding hydrogens is 416 g/mol. The van der Waals surface area contributed by atoms with Crippen LogP contribution in [0.1, 0.15) is 11.1 Å². The van der Waals surface area contributed by atoms with Crippen LogP contribution in [0.3, 0.4) is 0 Å². The number of nitrogens with one attached hydrogen (secondary N) is 1. The Balaban J connectivity index is 2.20. The summed E-state index contributed by atoms with van der Waals surface area (Å²) in [4.78, 5) is 14.2. The molecule has 0 bridgehead atoms. The Morgan fingerprint density at radius 2 is 1.54 bits per heavy atom. The van der Waals surface area contributed by atoms with Gasteiger partial charge in [0.2, 0.25) is 0 Å². The summed E-state index contributed by atoms with van der Waals surface area (Å²) >= 11 is 5.77. The zero-order chi connectivity index (χ0) is 20.9. The molecule has 2 N–H and O–H groups in total. The van der Waals surface area contributed by atoms with Gasteiger partial charge in [-0.15, -0.1) is 5.10 Å². The lowest BCUT2D eigenvalue weighted by Gasteiger charge is -2.13. The first kappa shape index (κ1) is 19.8. The lowest BCUT2D eigenvalue weighted by atomic mass is 10.0. The van der Waals surface area contributed by atoms with Crippen LogP contribution in [0.15, 0.2) is 41.2 Å². The summed E-state index contributed by atoms with van der Waals surface area (Å²) in [6.07, 6.45) is -10.1. The molecule has 3 rings (SSSR count). The highest BCUT2D eigenvalue weighted by molar-refractivity contribution is 6.30. The number of H-pyrrole nitrogens is 1. The van der Waals surface area contributed by atoms with E-state index in [4.69, 9.17) is 11.6 Å². The number of hydrogen-bond donors (Lipinski definition) is 2. The van der Waals surface area contributed by atoms with E-state index in [1.54, 1.807) is 0 Å². The lowest BCUT2D eigenvalue weighted by Crippen LogP contribution is -2.16. The fourth-order valence-corrected chi connectivity index (χ4v) is 2.54. The van der Waals surface area contributed by atoms with Crippen molar-refractivity contribution in [1.82, 2.24) is 14.8 Å². The van der Waals surface area contributed by atoms with Gasteiger partial charge >= 0.3 is 18.0 Å². The van der Waals surface area contributed by atoms with Crippen molar-refractivity contribution in [3.05, 3.63) is 63.0 Å². The maximum Gasteiger partial charge on any atom is 0.416 e. The SMILES string of the molecule is O=c1[nH]c(-c2cc(C(F)(F)F)cc(C(F)(F)F)c2)nn1-c1cc(Cl)ccc1O. The molecule has 0 saturated heterocycles. The first-order chi connectivity index (χ1) is 12.9. The van der Waals surface area contributed by atoms with Crippen LogP contribution >= 0.6 is 11.6 Å². The normalized spacial score (nSPS) is 12.4. The van der Waals surface area contributed by atoms with Gasteiger partial charge in [-0.1, -0.05) is 11.6 Å². The second-order valence-corrected chi connectivity index (χ2v) is 6.05. The molecule has 28 heavy (non-hydrogen) atoms. The van der Waals surface area contributed by atoms with E-state index < -0.39 is 46.3 Å². The number of halogens is 7. The molecule has 0 amide bonds. The molecule has 0 aliphatic heterocycles. The second kappa shape index (κ2) is 6.59. The van der Waals surface area contributed by atoms with E-state index in [0.29, 0.717) is 16.8 Å². The van der Waals surface area contributed by atoms with E-state index in [-0.39, 0.29) is 16.8 Å². The molecule has 0 spiro atoms. The molecule has 0 aliphatic carbocycles. The Kier molecular flexibility index (Phi) is 4.66. The second-order valence-electron chi connectivity index (χ2n) is 5.62. The Bertz CT molecular complexity index is 1070. The fourth-order valence-electron chi connectivity index (χ4n) is 2.38. The summed E-state index contributed by atoms with van der Waals surface area (Å²) in [6.45, 7) is 0. The number of alkyl halides is 6. The van der Waals surface area contributed by atoms with Gasteiger partial charge in [0.1, 0.15) is 11.4 Å². The van der Waals surface area contributed by atoms with E-state index in [2.05, 4.69) is 10.1 Å². The molecule has 1 aromatic heterocycles. The molecule has 0 radical (unpaired) electrons. The summed E-state index contributed by atoms with van der Waals surface area (Å²) in [5.41, 5.74) is -4.93. The number of phenolic OH excluding ortho intramolecular Hbond substituents is 1. The monoisotopic (exact) mass is 423 g/mol. The van der Waals surface area contributed by atoms with E-state index in [1.165, 1.54) is 6.07 Å². The van der Waals surface area contributed by atoms with Crippen LogP contribution < -0.4 is 5.69 Å². The number of aromatic amines is 1. The van der Waals surface area contributed by atoms with Crippen molar-refractivity contribution < 1.29 is 31.4 Å². The number of hydrogen-bond acceptors (Lipinski definition) is 3. The average molecular weight is 424 g/mol. The van der Waals surface area contributed by atoms with Crippen molar-refractivity contribution in [2.45, 2.75) is 12.4 Å². The van der Waals surface area contributed by atoms with Crippen LogP contribution in [0.5, 0.6) is 5.75 Å². The van der Waals surface area contributed by atoms with Gasteiger partial charge < -0.3 is 5.11 Å². The lowest BCUT2D eigenvalue weighted by molar-refractivity contribution is -0.143. The van der Waals surface area contributed by atoms with E-state index >= 15 is 0 Å². The van der Waals surface area contributed by atoms with Crippen molar-refractivity contribution >= 4 is 11.6 Å². The Morgan fingerprint density at radius 3 is 2.07 bits per heavy atom. The Hall–Kier alpha value is -2.95. The third-order valence-corrected chi connectivity index (χ3v) is 3.88. The number of nitrogens with zero attached hydrogens (tertiary/aromatic N) is 2. The number of aromatic hydroxyl groups is 1. The van der Waals surface area contributed by atoms with Crippen molar-refractivity contribution in [1.29, 1.82) is 0 Å². The molecule has 0 aliphatic rings. The summed E-state index contributed by atoms with van der Waals surface area (Å²) in [5.74, 6) is -0.981. The van der Waals surface area contributed by atoms with Crippen molar-refractivity contribution in [3.63, 3.8) is 0 Å². The van der Waals surface area contributed by atoms with Crippen LogP contribution in [0.25, 0.3) is 17.1 Å². The summed E-state index contributed by atoms with van der Waals surface area (Å²) in [6, 6.07) is 4.41. The smallest absolute Gasteiger partial charge is 0.416 e. The maximum absolute atomic E-state index is 13.0. The highest BCUT2D eigenvalue weighted by atomic mass is 35.5. The maximum atomic E-state index is 13.0. The zero-order valence-corrected chi connectivity index (χ0v) is 14.1. The average Bonchev–Trinajstić information content (AvgIpc) is 2.97. The minimum absolute atomic E-state index is 0.0403. The van der Waals surface area contributed by atoms with Crippen molar-refractivity contribution in [2.24, 2.45) is 0 Å². The standard InChI is InChI=1S/C16H8ClF6N3O2/c17-10-1-2-12(27)11(6-10)26-14(28)24-13(25-26)7-3-8(15(18,19)20)5-9(4-7)16(21,22)23/h1-6,27H,(H,24,25,28). The molecule has 0 fully saturated rings. The quantitative estimate of drug-likeness (QED) is 0.591. The molecule has 12 heteroatoms. The van der Waals surface area contributed by atoms with Gasteiger partial charge in [0, 0.05) is 10.6 Å². The first-order valence-corrected chi connectivity index (χ1v) is 7.72. The molecule has 2 aromatic carbocycles. The largest absolute Gasteiger partial charge is 0.506 e. The summed E-state index contributed by atoms with van der Waals surface area (Å²) in [7, 11) is 0. The molecule has 0 atom stereocenters. The first-order valence-electron chi connectivity index (χ1n) is 7.34. The topological polar surface area (TPSA) is 70.9 Å². The molecular formula is C16H8ClF6N3O2. The minimum Gasteiger partial charge on any atom is -0.506 e. The zero-order valence-electron chi connectivity index (χ0n) is 13.4.